The molecule has 4 heteroatoms. The molecule has 2 unspecified atom stereocenters. The quantitative estimate of drug-likeness (QED) is 0.941. The number of rotatable bonds is 3. The molecule has 3 rings (SSSR count). The Kier molecular flexibility index (Phi) is 3.97. The van der Waals surface area contributed by atoms with Crippen LogP contribution in [0.4, 0.5) is 0 Å². The van der Waals surface area contributed by atoms with E-state index in [0.717, 1.165) is 36.7 Å². The fourth-order valence-electron chi connectivity index (χ4n) is 3.28. The van der Waals surface area contributed by atoms with Gasteiger partial charge in [0.25, 0.3) is 0 Å². The number of fused-ring (bicyclic) bond motifs is 1. The minimum Gasteiger partial charge on any atom is -0.391 e. The number of benzene rings is 1. The van der Waals surface area contributed by atoms with E-state index in [4.69, 9.17) is 0 Å². The number of aliphatic hydroxyl groups is 1. The van der Waals surface area contributed by atoms with Crippen molar-refractivity contribution in [2.75, 3.05) is 6.54 Å². The second kappa shape index (κ2) is 5.90. The molecule has 1 aromatic carbocycles. The van der Waals surface area contributed by atoms with Gasteiger partial charge in [-0.15, -0.1) is 0 Å². The van der Waals surface area contributed by atoms with Crippen LogP contribution in [0.2, 0.25) is 0 Å². The molecular formula is C17H22N2O2. The molecule has 21 heavy (non-hydrogen) atoms. The number of likely N-dealkylation sites (tertiary alicyclic amines) is 1. The maximum atomic E-state index is 12.6. The molecule has 1 aliphatic heterocycles. The molecule has 1 saturated heterocycles. The number of aromatic nitrogens is 1. The van der Waals surface area contributed by atoms with Crippen LogP contribution in [0, 0.1) is 0 Å². The number of carbonyl (C=O) groups excluding carboxylic acids is 1. The van der Waals surface area contributed by atoms with Gasteiger partial charge in [-0.3, -0.25) is 4.79 Å². The third kappa shape index (κ3) is 2.81. The molecule has 1 aromatic heterocycles. The summed E-state index contributed by atoms with van der Waals surface area (Å²) in [6.07, 6.45) is 4.52. The van der Waals surface area contributed by atoms with E-state index in [1.807, 2.05) is 39.9 Å². The zero-order chi connectivity index (χ0) is 14.8. The van der Waals surface area contributed by atoms with Gasteiger partial charge in [-0.05, 0) is 43.7 Å². The first kappa shape index (κ1) is 14.1. The Bertz CT molecular complexity index is 633. The van der Waals surface area contributed by atoms with Crippen LogP contribution < -0.4 is 0 Å². The molecule has 1 aliphatic rings. The van der Waals surface area contributed by atoms with Gasteiger partial charge in [-0.2, -0.15) is 0 Å². The molecule has 2 atom stereocenters. The Hall–Kier alpha value is -1.81. The van der Waals surface area contributed by atoms with Gasteiger partial charge in [0.15, 0.2) is 0 Å². The normalized spacial score (nSPS) is 20.7. The molecule has 2 heterocycles. The number of carbonyl (C=O) groups is 1. The SMILES string of the molecule is CC(O)C1CCCCN1C(=O)Cn1ccc2ccccc21. The first-order valence-corrected chi connectivity index (χ1v) is 7.68. The molecule has 0 saturated carbocycles. The molecule has 112 valence electrons. The number of para-hydroxylation sites is 1. The van der Waals surface area contributed by atoms with Crippen molar-refractivity contribution in [1.29, 1.82) is 0 Å². The van der Waals surface area contributed by atoms with Crippen molar-refractivity contribution in [3.63, 3.8) is 0 Å². The van der Waals surface area contributed by atoms with Crippen molar-refractivity contribution in [3.05, 3.63) is 36.5 Å². The third-order valence-corrected chi connectivity index (χ3v) is 4.41. The fraction of sp³-hybridized carbons (Fsp3) is 0.471. The van der Waals surface area contributed by atoms with Crippen LogP contribution in [0.3, 0.4) is 0 Å². The first-order chi connectivity index (χ1) is 10.2. The Morgan fingerprint density at radius 1 is 1.33 bits per heavy atom. The van der Waals surface area contributed by atoms with Crippen molar-refractivity contribution in [2.45, 2.75) is 44.9 Å². The predicted molar refractivity (Wildman–Crippen MR) is 83.0 cm³/mol. The maximum absolute atomic E-state index is 12.6. The molecule has 1 amide bonds. The zero-order valence-corrected chi connectivity index (χ0v) is 12.4. The van der Waals surface area contributed by atoms with Crippen LogP contribution in [0.15, 0.2) is 36.5 Å². The van der Waals surface area contributed by atoms with Gasteiger partial charge in [0.05, 0.1) is 12.1 Å². The monoisotopic (exact) mass is 286 g/mol. The lowest BCUT2D eigenvalue weighted by Crippen LogP contribution is -2.49. The lowest BCUT2D eigenvalue weighted by molar-refractivity contribution is -0.138. The smallest absolute Gasteiger partial charge is 0.242 e. The highest BCUT2D eigenvalue weighted by atomic mass is 16.3. The van der Waals surface area contributed by atoms with E-state index in [1.54, 1.807) is 6.92 Å². The average molecular weight is 286 g/mol. The molecular weight excluding hydrogens is 264 g/mol. The fourth-order valence-corrected chi connectivity index (χ4v) is 3.28. The highest BCUT2D eigenvalue weighted by Crippen LogP contribution is 2.21. The van der Waals surface area contributed by atoms with E-state index in [0.29, 0.717) is 6.54 Å². The van der Waals surface area contributed by atoms with Gasteiger partial charge in [-0.25, -0.2) is 0 Å². The molecule has 0 spiro atoms. The van der Waals surface area contributed by atoms with Gasteiger partial charge in [0, 0.05) is 18.3 Å². The molecule has 0 radical (unpaired) electrons. The summed E-state index contributed by atoms with van der Waals surface area (Å²) in [6.45, 7) is 2.88. The van der Waals surface area contributed by atoms with E-state index in [1.165, 1.54) is 0 Å². The molecule has 1 fully saturated rings. The van der Waals surface area contributed by atoms with Gasteiger partial charge in [0.1, 0.15) is 6.54 Å². The minimum atomic E-state index is -0.462. The summed E-state index contributed by atoms with van der Waals surface area (Å²) in [5.41, 5.74) is 1.08. The summed E-state index contributed by atoms with van der Waals surface area (Å²) in [6, 6.07) is 10.1. The minimum absolute atomic E-state index is 0.0342. The molecule has 4 nitrogen and oxygen atoms in total. The molecule has 0 bridgehead atoms. The summed E-state index contributed by atoms with van der Waals surface area (Å²) in [7, 11) is 0. The summed E-state index contributed by atoms with van der Waals surface area (Å²) in [5.74, 6) is 0.0990. The average Bonchev–Trinajstić information content (AvgIpc) is 2.90. The van der Waals surface area contributed by atoms with Crippen molar-refractivity contribution in [1.82, 2.24) is 9.47 Å². The second-order valence-corrected chi connectivity index (χ2v) is 5.89. The molecule has 2 aromatic rings. The predicted octanol–water partition coefficient (Wildman–Crippen LogP) is 2.40. The number of piperidine rings is 1. The Morgan fingerprint density at radius 3 is 2.95 bits per heavy atom. The largest absolute Gasteiger partial charge is 0.391 e. The third-order valence-electron chi connectivity index (χ3n) is 4.41. The summed E-state index contributed by atoms with van der Waals surface area (Å²) >= 11 is 0. The van der Waals surface area contributed by atoms with E-state index in [2.05, 4.69) is 6.07 Å². The van der Waals surface area contributed by atoms with Crippen molar-refractivity contribution >= 4 is 16.8 Å². The maximum Gasteiger partial charge on any atom is 0.242 e. The summed E-state index contributed by atoms with van der Waals surface area (Å²) < 4.78 is 1.99. The highest BCUT2D eigenvalue weighted by molar-refractivity contribution is 5.83. The van der Waals surface area contributed by atoms with E-state index in [-0.39, 0.29) is 11.9 Å². The highest BCUT2D eigenvalue weighted by Gasteiger charge is 2.29. The lowest BCUT2D eigenvalue weighted by atomic mass is 9.98. The Balaban J connectivity index is 1.79. The molecule has 0 aliphatic carbocycles. The number of nitrogens with zero attached hydrogens (tertiary/aromatic N) is 2. The Labute approximate surface area is 125 Å². The Morgan fingerprint density at radius 2 is 2.14 bits per heavy atom. The zero-order valence-electron chi connectivity index (χ0n) is 12.4. The van der Waals surface area contributed by atoms with Crippen LogP contribution in [0.25, 0.3) is 10.9 Å². The number of hydrogen-bond donors (Lipinski definition) is 1. The van der Waals surface area contributed by atoms with Crippen LogP contribution >= 0.6 is 0 Å². The summed E-state index contributed by atoms with van der Waals surface area (Å²) in [4.78, 5) is 14.5. The van der Waals surface area contributed by atoms with E-state index < -0.39 is 6.10 Å². The van der Waals surface area contributed by atoms with Gasteiger partial charge in [0.2, 0.25) is 5.91 Å². The van der Waals surface area contributed by atoms with E-state index >= 15 is 0 Å². The van der Waals surface area contributed by atoms with Crippen molar-refractivity contribution in [3.8, 4) is 0 Å². The number of aliphatic hydroxyl groups excluding tert-OH is 1. The first-order valence-electron chi connectivity index (χ1n) is 7.68. The standard InChI is InChI=1S/C17H22N2O2/c1-13(20)15-7-4-5-10-19(15)17(21)12-18-11-9-14-6-2-3-8-16(14)18/h2-3,6,8-9,11,13,15,20H,4-5,7,10,12H2,1H3. The summed E-state index contributed by atoms with van der Waals surface area (Å²) in [5, 5.41) is 11.0. The number of amides is 1. The number of hydrogen-bond acceptors (Lipinski definition) is 2. The van der Waals surface area contributed by atoms with Gasteiger partial charge < -0.3 is 14.6 Å². The van der Waals surface area contributed by atoms with Crippen LogP contribution in [-0.4, -0.2) is 39.2 Å². The van der Waals surface area contributed by atoms with Crippen molar-refractivity contribution < 1.29 is 9.90 Å². The molecule has 1 N–H and O–H groups in total. The van der Waals surface area contributed by atoms with Gasteiger partial charge >= 0.3 is 0 Å². The van der Waals surface area contributed by atoms with Crippen LogP contribution in [-0.2, 0) is 11.3 Å². The van der Waals surface area contributed by atoms with Gasteiger partial charge in [-0.1, -0.05) is 18.2 Å². The van der Waals surface area contributed by atoms with Crippen LogP contribution in [0.1, 0.15) is 26.2 Å². The van der Waals surface area contributed by atoms with Crippen LogP contribution in [0.5, 0.6) is 0 Å². The topological polar surface area (TPSA) is 45.5 Å². The second-order valence-electron chi connectivity index (χ2n) is 5.89. The lowest BCUT2D eigenvalue weighted by Gasteiger charge is -2.37. The van der Waals surface area contributed by atoms with E-state index in [9.17, 15) is 9.90 Å². The van der Waals surface area contributed by atoms with Crippen molar-refractivity contribution in [2.24, 2.45) is 0 Å².